The minimum atomic E-state index is -0.256. The van der Waals surface area contributed by atoms with Gasteiger partial charge < -0.3 is 9.63 Å². The number of hydrogen-bond acceptors (Lipinski definition) is 6. The summed E-state index contributed by atoms with van der Waals surface area (Å²) in [5.41, 5.74) is 0. The average Bonchev–Trinajstić information content (AvgIpc) is 3.15. The van der Waals surface area contributed by atoms with Crippen LogP contribution in [-0.4, -0.2) is 63.4 Å². The molecule has 0 aromatic carbocycles. The van der Waals surface area contributed by atoms with E-state index in [9.17, 15) is 5.11 Å². The molecule has 1 aromatic heterocycles. The second-order valence-electron chi connectivity index (χ2n) is 6.75. The average molecular weight is 292 g/mol. The Hall–Kier alpha value is -0.980. The number of hydrogen-bond donors (Lipinski definition) is 1. The number of nitrogens with zero attached hydrogens (tertiary/aromatic N) is 4. The molecule has 1 aromatic rings. The third-order valence-corrected chi connectivity index (χ3v) is 4.98. The van der Waals surface area contributed by atoms with Crippen LogP contribution in [0.15, 0.2) is 4.52 Å². The van der Waals surface area contributed by atoms with E-state index in [0.29, 0.717) is 24.9 Å². The van der Waals surface area contributed by atoms with Crippen molar-refractivity contribution in [3.63, 3.8) is 0 Å². The zero-order valence-corrected chi connectivity index (χ0v) is 12.4. The standard InChI is InChI=1S/C15H24N4O2/c20-13-9-18(8-12(13)19-6-2-1-3-7-19)10-14-16-15(17-21-14)11-4-5-11/h11-13,20H,1-10H2/t12-,13-/m0/s1. The maximum absolute atomic E-state index is 10.3. The van der Waals surface area contributed by atoms with Crippen molar-refractivity contribution in [2.75, 3.05) is 26.2 Å². The van der Waals surface area contributed by atoms with Crippen molar-refractivity contribution in [1.82, 2.24) is 19.9 Å². The lowest BCUT2D eigenvalue weighted by atomic mass is 10.1. The molecular weight excluding hydrogens is 268 g/mol. The van der Waals surface area contributed by atoms with Crippen LogP contribution in [0, 0.1) is 0 Å². The van der Waals surface area contributed by atoms with Crippen LogP contribution in [0.3, 0.4) is 0 Å². The van der Waals surface area contributed by atoms with Gasteiger partial charge in [0.25, 0.3) is 0 Å². The van der Waals surface area contributed by atoms with Gasteiger partial charge in [-0.05, 0) is 38.8 Å². The maximum atomic E-state index is 10.3. The Morgan fingerprint density at radius 1 is 1.14 bits per heavy atom. The second kappa shape index (κ2) is 5.66. The largest absolute Gasteiger partial charge is 0.390 e. The molecule has 116 valence electrons. The van der Waals surface area contributed by atoms with Gasteiger partial charge in [-0.3, -0.25) is 9.80 Å². The molecule has 1 N–H and O–H groups in total. The van der Waals surface area contributed by atoms with Gasteiger partial charge in [0.2, 0.25) is 5.89 Å². The summed E-state index contributed by atoms with van der Waals surface area (Å²) >= 11 is 0. The molecule has 2 aliphatic heterocycles. The molecular formula is C15H24N4O2. The smallest absolute Gasteiger partial charge is 0.240 e. The van der Waals surface area contributed by atoms with Crippen LogP contribution >= 0.6 is 0 Å². The molecule has 0 spiro atoms. The van der Waals surface area contributed by atoms with Gasteiger partial charge in [0.15, 0.2) is 5.82 Å². The first kappa shape index (κ1) is 13.7. The molecule has 1 saturated carbocycles. The summed E-state index contributed by atoms with van der Waals surface area (Å²) in [6.45, 7) is 4.54. The number of aliphatic hydroxyl groups excluding tert-OH is 1. The van der Waals surface area contributed by atoms with Crippen molar-refractivity contribution >= 4 is 0 Å². The second-order valence-corrected chi connectivity index (χ2v) is 6.75. The first-order chi connectivity index (χ1) is 10.3. The van der Waals surface area contributed by atoms with E-state index in [1.54, 1.807) is 0 Å². The van der Waals surface area contributed by atoms with Crippen molar-refractivity contribution in [1.29, 1.82) is 0 Å². The monoisotopic (exact) mass is 292 g/mol. The van der Waals surface area contributed by atoms with E-state index in [4.69, 9.17) is 4.52 Å². The van der Waals surface area contributed by atoms with Crippen molar-refractivity contribution in [3.05, 3.63) is 11.7 Å². The highest BCUT2D eigenvalue weighted by molar-refractivity contribution is 5.03. The number of aliphatic hydroxyl groups is 1. The van der Waals surface area contributed by atoms with Gasteiger partial charge in [0, 0.05) is 25.0 Å². The third kappa shape index (κ3) is 2.98. The number of rotatable bonds is 4. The van der Waals surface area contributed by atoms with E-state index in [1.807, 2.05) is 0 Å². The van der Waals surface area contributed by atoms with Gasteiger partial charge in [-0.25, -0.2) is 0 Å². The molecule has 6 heteroatoms. The van der Waals surface area contributed by atoms with Gasteiger partial charge in [-0.1, -0.05) is 11.6 Å². The summed E-state index contributed by atoms with van der Waals surface area (Å²) < 4.78 is 5.35. The van der Waals surface area contributed by atoms with E-state index in [0.717, 1.165) is 25.5 Å². The Kier molecular flexibility index (Phi) is 3.69. The molecule has 4 rings (SSSR count). The van der Waals surface area contributed by atoms with E-state index in [-0.39, 0.29) is 12.1 Å². The summed E-state index contributed by atoms with van der Waals surface area (Å²) in [6, 6.07) is 0.274. The maximum Gasteiger partial charge on any atom is 0.240 e. The van der Waals surface area contributed by atoms with Crippen molar-refractivity contribution in [2.24, 2.45) is 0 Å². The molecule has 2 saturated heterocycles. The van der Waals surface area contributed by atoms with Crippen LogP contribution in [0.5, 0.6) is 0 Å². The lowest BCUT2D eigenvalue weighted by Crippen LogP contribution is -2.45. The third-order valence-electron chi connectivity index (χ3n) is 4.98. The van der Waals surface area contributed by atoms with Crippen LogP contribution in [0.2, 0.25) is 0 Å². The molecule has 3 fully saturated rings. The van der Waals surface area contributed by atoms with E-state index in [2.05, 4.69) is 19.9 Å². The van der Waals surface area contributed by atoms with Gasteiger partial charge in [0.1, 0.15) is 0 Å². The number of piperidine rings is 1. The highest BCUT2D eigenvalue weighted by Gasteiger charge is 2.36. The molecule has 0 radical (unpaired) electrons. The normalized spacial score (nSPS) is 31.9. The van der Waals surface area contributed by atoms with Crippen LogP contribution in [0.25, 0.3) is 0 Å². The SMILES string of the molecule is O[C@H]1CN(Cc2nc(C3CC3)no2)C[C@@H]1N1CCCCC1. The molecule has 1 aliphatic carbocycles. The first-order valence-electron chi connectivity index (χ1n) is 8.26. The zero-order chi connectivity index (χ0) is 14.2. The molecule has 3 heterocycles. The zero-order valence-electron chi connectivity index (χ0n) is 12.4. The molecule has 0 bridgehead atoms. The van der Waals surface area contributed by atoms with Crippen molar-refractivity contribution in [2.45, 2.75) is 56.7 Å². The van der Waals surface area contributed by atoms with Crippen LogP contribution in [0.4, 0.5) is 0 Å². The highest BCUT2D eigenvalue weighted by Crippen LogP contribution is 2.38. The van der Waals surface area contributed by atoms with Crippen molar-refractivity contribution in [3.8, 4) is 0 Å². The van der Waals surface area contributed by atoms with Crippen LogP contribution in [-0.2, 0) is 6.54 Å². The molecule has 3 aliphatic rings. The fourth-order valence-corrected chi connectivity index (χ4v) is 3.62. The van der Waals surface area contributed by atoms with Crippen molar-refractivity contribution < 1.29 is 9.63 Å². The minimum absolute atomic E-state index is 0.256. The van der Waals surface area contributed by atoms with E-state index in [1.165, 1.54) is 32.1 Å². The lowest BCUT2D eigenvalue weighted by Gasteiger charge is -2.33. The summed E-state index contributed by atoms with van der Waals surface area (Å²) in [5, 5.41) is 14.4. The summed E-state index contributed by atoms with van der Waals surface area (Å²) in [5.74, 6) is 2.11. The Balaban J connectivity index is 1.35. The predicted octanol–water partition coefficient (Wildman–Crippen LogP) is 0.978. The molecule has 21 heavy (non-hydrogen) atoms. The predicted molar refractivity (Wildman–Crippen MR) is 76.8 cm³/mol. The fraction of sp³-hybridized carbons (Fsp3) is 0.867. The summed E-state index contributed by atoms with van der Waals surface area (Å²) in [6.07, 6.45) is 5.98. The minimum Gasteiger partial charge on any atom is -0.390 e. The Morgan fingerprint density at radius 3 is 2.71 bits per heavy atom. The van der Waals surface area contributed by atoms with E-state index < -0.39 is 0 Å². The number of aromatic nitrogens is 2. The molecule has 6 nitrogen and oxygen atoms in total. The number of β-amino-alcohol motifs (C(OH)–C–C–N with tert-alkyl or cyclic N) is 1. The Labute approximate surface area is 125 Å². The summed E-state index contributed by atoms with van der Waals surface area (Å²) in [4.78, 5) is 9.18. The molecule has 0 amide bonds. The van der Waals surface area contributed by atoms with Gasteiger partial charge in [0.05, 0.1) is 12.6 Å². The van der Waals surface area contributed by atoms with Crippen LogP contribution in [0.1, 0.15) is 49.7 Å². The van der Waals surface area contributed by atoms with E-state index >= 15 is 0 Å². The van der Waals surface area contributed by atoms with Gasteiger partial charge in [-0.2, -0.15) is 4.98 Å². The topological polar surface area (TPSA) is 65.6 Å². The Morgan fingerprint density at radius 2 is 1.95 bits per heavy atom. The van der Waals surface area contributed by atoms with Gasteiger partial charge in [-0.15, -0.1) is 0 Å². The van der Waals surface area contributed by atoms with Crippen LogP contribution < -0.4 is 0 Å². The molecule has 0 unspecified atom stereocenters. The number of likely N-dealkylation sites (tertiary alicyclic amines) is 2. The molecule has 2 atom stereocenters. The lowest BCUT2D eigenvalue weighted by molar-refractivity contribution is 0.0705. The highest BCUT2D eigenvalue weighted by atomic mass is 16.5. The Bertz CT molecular complexity index is 482. The first-order valence-corrected chi connectivity index (χ1v) is 8.26. The van der Waals surface area contributed by atoms with Gasteiger partial charge >= 0.3 is 0 Å². The quantitative estimate of drug-likeness (QED) is 0.892. The summed E-state index contributed by atoms with van der Waals surface area (Å²) in [7, 11) is 0. The fourth-order valence-electron chi connectivity index (χ4n) is 3.62.